The average Bonchev–Trinajstić information content (AvgIpc) is 3.40. The van der Waals surface area contributed by atoms with Crippen LogP contribution in [0.2, 0.25) is 5.02 Å². The van der Waals surface area contributed by atoms with E-state index >= 15 is 0 Å². The van der Waals surface area contributed by atoms with E-state index in [1.54, 1.807) is 55.1 Å². The van der Waals surface area contributed by atoms with Gasteiger partial charge in [0.2, 0.25) is 5.91 Å². The van der Waals surface area contributed by atoms with Gasteiger partial charge in [-0.3, -0.25) is 14.5 Å². The van der Waals surface area contributed by atoms with Gasteiger partial charge in [-0.2, -0.15) is 0 Å². The molecule has 1 aliphatic rings. The number of hydrogen-bond acceptors (Lipinski definition) is 5. The molecule has 2 unspecified atom stereocenters. The third kappa shape index (κ3) is 5.61. The average molecular weight is 546 g/mol. The van der Waals surface area contributed by atoms with Crippen molar-refractivity contribution in [3.8, 4) is 5.75 Å². The zero-order valence-corrected chi connectivity index (χ0v) is 22.8. The SMILES string of the molecule is COc1ccc(C(C(=O)NC2CCCCC2)N(C(=O)C(C)n2nnc3ccccc32)c2ccccc2Cl)cc1. The van der Waals surface area contributed by atoms with Crippen LogP contribution in [0.4, 0.5) is 5.69 Å². The maximum absolute atomic E-state index is 14.4. The fraction of sp³-hybridized carbons (Fsp3) is 0.333. The van der Waals surface area contributed by atoms with Crippen molar-refractivity contribution in [1.82, 2.24) is 20.3 Å². The summed E-state index contributed by atoms with van der Waals surface area (Å²) in [6.45, 7) is 1.76. The van der Waals surface area contributed by atoms with Gasteiger partial charge in [-0.05, 0) is 61.7 Å². The second-order valence-electron chi connectivity index (χ2n) is 9.88. The van der Waals surface area contributed by atoms with E-state index < -0.39 is 12.1 Å². The standard InChI is InChI=1S/C30H32ClN5O3/c1-20(36-27-15-9-7-13-25(27)33-34-36)30(38)35(26-14-8-6-12-24(26)31)28(21-16-18-23(39-2)19-17-21)29(37)32-22-10-4-3-5-11-22/h6-9,12-20,22,28H,3-5,10-11H2,1-2H3,(H,32,37). The zero-order valence-electron chi connectivity index (χ0n) is 22.1. The van der Waals surface area contributed by atoms with Crippen LogP contribution < -0.4 is 15.0 Å². The first kappa shape index (κ1) is 26.7. The van der Waals surface area contributed by atoms with Gasteiger partial charge < -0.3 is 10.1 Å². The molecule has 5 rings (SSSR count). The van der Waals surface area contributed by atoms with E-state index in [4.69, 9.17) is 16.3 Å². The molecular formula is C30H32ClN5O3. The van der Waals surface area contributed by atoms with E-state index in [1.807, 2.05) is 36.4 Å². The summed E-state index contributed by atoms with van der Waals surface area (Å²) >= 11 is 6.68. The summed E-state index contributed by atoms with van der Waals surface area (Å²) in [7, 11) is 1.59. The number of benzene rings is 3. The molecule has 0 radical (unpaired) electrons. The van der Waals surface area contributed by atoms with E-state index in [2.05, 4.69) is 15.6 Å². The molecule has 2 atom stereocenters. The van der Waals surface area contributed by atoms with Crippen LogP contribution in [0.1, 0.15) is 56.7 Å². The Morgan fingerprint density at radius 3 is 2.41 bits per heavy atom. The number of para-hydroxylation sites is 2. The Kier molecular flexibility index (Phi) is 8.12. The van der Waals surface area contributed by atoms with Crippen molar-refractivity contribution in [2.75, 3.05) is 12.0 Å². The minimum absolute atomic E-state index is 0.0619. The normalized spacial score (nSPS) is 15.5. The molecule has 9 heteroatoms. The maximum Gasteiger partial charge on any atom is 0.252 e. The molecule has 1 saturated carbocycles. The molecule has 39 heavy (non-hydrogen) atoms. The molecule has 1 N–H and O–H groups in total. The molecule has 1 aromatic heterocycles. The van der Waals surface area contributed by atoms with Gasteiger partial charge in [0.05, 0.1) is 23.3 Å². The summed E-state index contributed by atoms with van der Waals surface area (Å²) in [6, 6.07) is 20.1. The van der Waals surface area contributed by atoms with E-state index in [0.29, 0.717) is 27.5 Å². The summed E-state index contributed by atoms with van der Waals surface area (Å²) in [6.07, 6.45) is 5.15. The minimum atomic E-state index is -0.970. The third-order valence-electron chi connectivity index (χ3n) is 7.34. The predicted octanol–water partition coefficient (Wildman–Crippen LogP) is 5.88. The molecule has 0 spiro atoms. The number of methoxy groups -OCH3 is 1. The Balaban J connectivity index is 1.61. The smallest absolute Gasteiger partial charge is 0.252 e. The fourth-order valence-corrected chi connectivity index (χ4v) is 5.47. The number of ether oxygens (including phenoxy) is 1. The molecule has 202 valence electrons. The molecule has 3 aromatic carbocycles. The van der Waals surface area contributed by atoms with Crippen LogP contribution in [0.3, 0.4) is 0 Å². The van der Waals surface area contributed by atoms with Gasteiger partial charge in [-0.1, -0.05) is 72.5 Å². The Morgan fingerprint density at radius 2 is 1.69 bits per heavy atom. The lowest BCUT2D eigenvalue weighted by atomic mass is 9.94. The van der Waals surface area contributed by atoms with E-state index in [-0.39, 0.29) is 17.9 Å². The number of hydrogen-bond donors (Lipinski definition) is 1. The number of halogens is 1. The lowest BCUT2D eigenvalue weighted by Gasteiger charge is -2.35. The minimum Gasteiger partial charge on any atom is -0.497 e. The Labute approximate surface area is 232 Å². The summed E-state index contributed by atoms with van der Waals surface area (Å²) in [5.41, 5.74) is 2.50. The molecule has 0 aliphatic heterocycles. The van der Waals surface area contributed by atoms with Crippen molar-refractivity contribution < 1.29 is 14.3 Å². The highest BCUT2D eigenvalue weighted by atomic mass is 35.5. The molecule has 1 heterocycles. The van der Waals surface area contributed by atoms with Crippen LogP contribution in [0.15, 0.2) is 72.8 Å². The Hall–Kier alpha value is -3.91. The Bertz CT molecular complexity index is 1450. The third-order valence-corrected chi connectivity index (χ3v) is 7.66. The summed E-state index contributed by atoms with van der Waals surface area (Å²) in [4.78, 5) is 30.1. The second kappa shape index (κ2) is 11.9. The first-order valence-corrected chi connectivity index (χ1v) is 13.7. The van der Waals surface area contributed by atoms with Crippen molar-refractivity contribution in [2.45, 2.75) is 57.2 Å². The number of anilines is 1. The number of rotatable bonds is 8. The van der Waals surface area contributed by atoms with Crippen LogP contribution in [-0.4, -0.2) is 40.0 Å². The van der Waals surface area contributed by atoms with Gasteiger partial charge in [0.15, 0.2) is 0 Å². The van der Waals surface area contributed by atoms with Crippen molar-refractivity contribution in [1.29, 1.82) is 0 Å². The van der Waals surface area contributed by atoms with E-state index in [0.717, 1.165) is 31.2 Å². The predicted molar refractivity (Wildman–Crippen MR) is 152 cm³/mol. The van der Waals surface area contributed by atoms with Gasteiger partial charge in [-0.15, -0.1) is 5.10 Å². The lowest BCUT2D eigenvalue weighted by Crippen LogP contribution is -2.49. The zero-order chi connectivity index (χ0) is 27.4. The number of carbonyl (C=O) groups is 2. The van der Waals surface area contributed by atoms with E-state index in [9.17, 15) is 9.59 Å². The summed E-state index contributed by atoms with van der Waals surface area (Å²) < 4.78 is 6.94. The van der Waals surface area contributed by atoms with Gasteiger partial charge in [0.25, 0.3) is 5.91 Å². The quantitative estimate of drug-likeness (QED) is 0.299. The summed E-state index contributed by atoms with van der Waals surface area (Å²) in [5, 5.41) is 12.1. The highest BCUT2D eigenvalue weighted by molar-refractivity contribution is 6.34. The number of carbonyl (C=O) groups excluding carboxylic acids is 2. The second-order valence-corrected chi connectivity index (χ2v) is 10.3. The van der Waals surface area contributed by atoms with Crippen LogP contribution in [0, 0.1) is 0 Å². The van der Waals surface area contributed by atoms with Crippen molar-refractivity contribution in [3.63, 3.8) is 0 Å². The molecule has 0 bridgehead atoms. The van der Waals surface area contributed by atoms with Crippen LogP contribution in [-0.2, 0) is 9.59 Å². The maximum atomic E-state index is 14.4. The highest BCUT2D eigenvalue weighted by Gasteiger charge is 2.38. The first-order chi connectivity index (χ1) is 19.0. The molecule has 8 nitrogen and oxygen atoms in total. The Morgan fingerprint density at radius 1 is 1.00 bits per heavy atom. The first-order valence-electron chi connectivity index (χ1n) is 13.3. The van der Waals surface area contributed by atoms with Gasteiger partial charge in [-0.25, -0.2) is 4.68 Å². The molecular weight excluding hydrogens is 514 g/mol. The number of nitrogens with one attached hydrogen (secondary N) is 1. The van der Waals surface area contributed by atoms with Gasteiger partial charge >= 0.3 is 0 Å². The van der Waals surface area contributed by atoms with Crippen molar-refractivity contribution in [3.05, 3.63) is 83.4 Å². The lowest BCUT2D eigenvalue weighted by molar-refractivity contribution is -0.128. The molecule has 1 fully saturated rings. The number of amides is 2. The van der Waals surface area contributed by atoms with Gasteiger partial charge in [0.1, 0.15) is 23.3 Å². The number of fused-ring (bicyclic) bond motifs is 1. The summed E-state index contributed by atoms with van der Waals surface area (Å²) in [5.74, 6) is 0.0672. The van der Waals surface area contributed by atoms with Crippen molar-refractivity contribution in [2.24, 2.45) is 0 Å². The highest BCUT2D eigenvalue weighted by Crippen LogP contribution is 2.36. The van der Waals surface area contributed by atoms with Crippen molar-refractivity contribution >= 4 is 40.1 Å². The van der Waals surface area contributed by atoms with Crippen LogP contribution in [0.25, 0.3) is 11.0 Å². The molecule has 2 amide bonds. The molecule has 0 saturated heterocycles. The van der Waals surface area contributed by atoms with Crippen LogP contribution >= 0.6 is 11.6 Å². The number of nitrogens with zero attached hydrogens (tertiary/aromatic N) is 4. The molecule has 4 aromatic rings. The van der Waals surface area contributed by atoms with Gasteiger partial charge in [0, 0.05) is 6.04 Å². The topological polar surface area (TPSA) is 89.4 Å². The largest absolute Gasteiger partial charge is 0.497 e. The van der Waals surface area contributed by atoms with E-state index in [1.165, 1.54) is 11.3 Å². The fourth-order valence-electron chi connectivity index (χ4n) is 5.24. The van der Waals surface area contributed by atoms with Crippen LogP contribution in [0.5, 0.6) is 5.75 Å². The monoisotopic (exact) mass is 545 g/mol. The molecule has 1 aliphatic carbocycles. The number of aromatic nitrogens is 3.